The second-order valence-corrected chi connectivity index (χ2v) is 3.39. The summed E-state index contributed by atoms with van der Waals surface area (Å²) >= 11 is 0. The molecule has 0 saturated carbocycles. The van der Waals surface area contributed by atoms with Crippen LogP contribution in [0.25, 0.3) is 0 Å². The van der Waals surface area contributed by atoms with Gasteiger partial charge in [-0.2, -0.15) is 0 Å². The Hall–Kier alpha value is -1.38. The molecule has 0 bridgehead atoms. The highest BCUT2D eigenvalue weighted by Gasteiger charge is 2.07. The second-order valence-electron chi connectivity index (χ2n) is 3.39. The van der Waals surface area contributed by atoms with E-state index in [9.17, 15) is 9.18 Å². The molecule has 1 unspecified atom stereocenters. The Kier molecular flexibility index (Phi) is 3.63. The Morgan fingerprint density at radius 2 is 2.00 bits per heavy atom. The van der Waals surface area contributed by atoms with E-state index in [1.165, 1.54) is 12.1 Å². The summed E-state index contributed by atoms with van der Waals surface area (Å²) in [7, 11) is 0. The Morgan fingerprint density at radius 3 is 2.50 bits per heavy atom. The minimum atomic E-state index is -0.793. The Labute approximate surface area is 82.4 Å². The van der Waals surface area contributed by atoms with Crippen LogP contribution < -0.4 is 0 Å². The van der Waals surface area contributed by atoms with E-state index in [2.05, 4.69) is 0 Å². The summed E-state index contributed by atoms with van der Waals surface area (Å²) in [6, 6.07) is 6.18. The SMILES string of the molecule is CC(CCC(=O)O)c1ccc(F)cc1. The molecule has 0 aliphatic carbocycles. The Bertz CT molecular complexity index is 306. The van der Waals surface area contributed by atoms with Crippen molar-refractivity contribution in [2.75, 3.05) is 0 Å². The number of carbonyl (C=O) groups is 1. The maximum absolute atomic E-state index is 12.6. The van der Waals surface area contributed by atoms with Crippen molar-refractivity contribution in [3.05, 3.63) is 35.6 Å². The minimum Gasteiger partial charge on any atom is -0.481 e. The van der Waals surface area contributed by atoms with Gasteiger partial charge < -0.3 is 5.11 Å². The van der Waals surface area contributed by atoms with Crippen LogP contribution in [0.15, 0.2) is 24.3 Å². The summed E-state index contributed by atoms with van der Waals surface area (Å²) in [5.41, 5.74) is 0.979. The Balaban J connectivity index is 2.56. The topological polar surface area (TPSA) is 37.3 Å². The van der Waals surface area contributed by atoms with Crippen LogP contribution in [-0.4, -0.2) is 11.1 Å². The van der Waals surface area contributed by atoms with E-state index in [-0.39, 0.29) is 18.2 Å². The summed E-state index contributed by atoms with van der Waals surface area (Å²) in [5, 5.41) is 8.49. The van der Waals surface area contributed by atoms with Crippen molar-refractivity contribution in [3.8, 4) is 0 Å². The first-order valence-electron chi connectivity index (χ1n) is 4.57. The fraction of sp³-hybridized carbons (Fsp3) is 0.364. The molecule has 0 fully saturated rings. The van der Waals surface area contributed by atoms with Gasteiger partial charge in [-0.05, 0) is 30.0 Å². The highest BCUT2D eigenvalue weighted by atomic mass is 19.1. The zero-order chi connectivity index (χ0) is 10.6. The van der Waals surface area contributed by atoms with Crippen LogP contribution in [0.4, 0.5) is 4.39 Å². The fourth-order valence-electron chi connectivity index (χ4n) is 1.30. The van der Waals surface area contributed by atoms with Gasteiger partial charge in [0.15, 0.2) is 0 Å². The molecule has 1 rings (SSSR count). The van der Waals surface area contributed by atoms with Gasteiger partial charge in [0.05, 0.1) is 0 Å². The van der Waals surface area contributed by atoms with Crippen molar-refractivity contribution in [1.82, 2.24) is 0 Å². The zero-order valence-corrected chi connectivity index (χ0v) is 8.03. The highest BCUT2D eigenvalue weighted by Crippen LogP contribution is 2.20. The van der Waals surface area contributed by atoms with Gasteiger partial charge in [-0.1, -0.05) is 19.1 Å². The number of benzene rings is 1. The maximum atomic E-state index is 12.6. The van der Waals surface area contributed by atoms with Gasteiger partial charge in [-0.25, -0.2) is 4.39 Å². The predicted molar refractivity (Wildman–Crippen MR) is 51.7 cm³/mol. The van der Waals surface area contributed by atoms with E-state index in [4.69, 9.17) is 5.11 Å². The molecule has 0 aromatic heterocycles. The third-order valence-corrected chi connectivity index (χ3v) is 2.23. The molecule has 0 aliphatic rings. The largest absolute Gasteiger partial charge is 0.481 e. The van der Waals surface area contributed by atoms with E-state index in [0.717, 1.165) is 5.56 Å². The van der Waals surface area contributed by atoms with Crippen molar-refractivity contribution in [3.63, 3.8) is 0 Å². The van der Waals surface area contributed by atoms with Gasteiger partial charge in [0.2, 0.25) is 0 Å². The maximum Gasteiger partial charge on any atom is 0.303 e. The molecule has 3 heteroatoms. The molecule has 76 valence electrons. The summed E-state index contributed by atoms with van der Waals surface area (Å²) < 4.78 is 12.6. The molecular weight excluding hydrogens is 183 g/mol. The smallest absolute Gasteiger partial charge is 0.303 e. The van der Waals surface area contributed by atoms with Crippen LogP contribution in [-0.2, 0) is 4.79 Å². The first-order chi connectivity index (χ1) is 6.59. The molecule has 1 N–H and O–H groups in total. The highest BCUT2D eigenvalue weighted by molar-refractivity contribution is 5.66. The lowest BCUT2D eigenvalue weighted by Crippen LogP contribution is -2.00. The normalized spacial score (nSPS) is 12.4. The van der Waals surface area contributed by atoms with Crippen molar-refractivity contribution < 1.29 is 14.3 Å². The van der Waals surface area contributed by atoms with Crippen LogP contribution in [0, 0.1) is 5.82 Å². The van der Waals surface area contributed by atoms with Crippen molar-refractivity contribution >= 4 is 5.97 Å². The Morgan fingerprint density at radius 1 is 1.43 bits per heavy atom. The molecule has 0 amide bonds. The van der Waals surface area contributed by atoms with Crippen LogP contribution in [0.1, 0.15) is 31.2 Å². The molecule has 1 aromatic carbocycles. The van der Waals surface area contributed by atoms with E-state index < -0.39 is 5.97 Å². The second kappa shape index (κ2) is 4.74. The van der Waals surface area contributed by atoms with Crippen LogP contribution in [0.3, 0.4) is 0 Å². The number of rotatable bonds is 4. The molecule has 1 atom stereocenters. The minimum absolute atomic E-state index is 0.151. The predicted octanol–water partition coefficient (Wildman–Crippen LogP) is 2.79. The van der Waals surface area contributed by atoms with Crippen molar-refractivity contribution in [1.29, 1.82) is 0 Å². The number of carboxylic acids is 1. The standard InChI is InChI=1S/C11H13FO2/c1-8(2-7-11(13)14)9-3-5-10(12)6-4-9/h3-6,8H,2,7H2,1H3,(H,13,14). The first-order valence-corrected chi connectivity index (χ1v) is 4.57. The molecule has 1 aromatic rings. The lowest BCUT2D eigenvalue weighted by molar-refractivity contribution is -0.137. The van der Waals surface area contributed by atoms with Crippen LogP contribution in [0.2, 0.25) is 0 Å². The third-order valence-electron chi connectivity index (χ3n) is 2.23. The fourth-order valence-corrected chi connectivity index (χ4v) is 1.30. The van der Waals surface area contributed by atoms with Crippen LogP contribution >= 0.6 is 0 Å². The van der Waals surface area contributed by atoms with Crippen molar-refractivity contribution in [2.45, 2.75) is 25.7 Å². The molecule has 0 radical (unpaired) electrons. The molecule has 2 nitrogen and oxygen atoms in total. The monoisotopic (exact) mass is 196 g/mol. The van der Waals surface area contributed by atoms with Gasteiger partial charge in [0.25, 0.3) is 0 Å². The van der Waals surface area contributed by atoms with Crippen molar-refractivity contribution in [2.24, 2.45) is 0 Å². The van der Waals surface area contributed by atoms with Crippen LogP contribution in [0.5, 0.6) is 0 Å². The number of hydrogen-bond acceptors (Lipinski definition) is 1. The van der Waals surface area contributed by atoms with Gasteiger partial charge in [0, 0.05) is 6.42 Å². The molecule has 0 saturated heterocycles. The summed E-state index contributed by atoms with van der Waals surface area (Å²) in [4.78, 5) is 10.3. The lowest BCUT2D eigenvalue weighted by Gasteiger charge is -2.09. The molecule has 14 heavy (non-hydrogen) atoms. The molecule has 0 aliphatic heterocycles. The molecule has 0 spiro atoms. The number of halogens is 1. The summed E-state index contributed by atoms with van der Waals surface area (Å²) in [5.74, 6) is -0.898. The molecular formula is C11H13FO2. The van der Waals surface area contributed by atoms with Gasteiger partial charge in [-0.3, -0.25) is 4.79 Å². The number of aliphatic carboxylic acids is 1. The van der Waals surface area contributed by atoms with E-state index >= 15 is 0 Å². The van der Waals surface area contributed by atoms with E-state index in [1.807, 2.05) is 6.92 Å². The molecule has 0 heterocycles. The number of carboxylic acid groups (broad SMARTS) is 1. The van der Waals surface area contributed by atoms with Gasteiger partial charge >= 0.3 is 5.97 Å². The lowest BCUT2D eigenvalue weighted by atomic mass is 9.96. The number of hydrogen-bond donors (Lipinski definition) is 1. The summed E-state index contributed by atoms with van der Waals surface area (Å²) in [6.45, 7) is 1.94. The van der Waals surface area contributed by atoms with E-state index in [0.29, 0.717) is 6.42 Å². The average Bonchev–Trinajstić information content (AvgIpc) is 2.15. The first kappa shape index (κ1) is 10.7. The third kappa shape index (κ3) is 3.17. The van der Waals surface area contributed by atoms with Gasteiger partial charge in [0.1, 0.15) is 5.82 Å². The summed E-state index contributed by atoms with van der Waals surface area (Å²) in [6.07, 6.45) is 0.736. The zero-order valence-electron chi connectivity index (χ0n) is 8.03. The van der Waals surface area contributed by atoms with E-state index in [1.54, 1.807) is 12.1 Å². The van der Waals surface area contributed by atoms with Gasteiger partial charge in [-0.15, -0.1) is 0 Å². The quantitative estimate of drug-likeness (QED) is 0.803. The average molecular weight is 196 g/mol.